The molecule has 150 valence electrons. The number of hydrogen-bond acceptors (Lipinski definition) is 3. The summed E-state index contributed by atoms with van der Waals surface area (Å²) in [5.74, 6) is 0.794. The van der Waals surface area contributed by atoms with E-state index in [1.807, 2.05) is 45.9 Å². The predicted molar refractivity (Wildman–Crippen MR) is 121 cm³/mol. The van der Waals surface area contributed by atoms with E-state index in [-0.39, 0.29) is 11.0 Å². The minimum atomic E-state index is -0.385. The summed E-state index contributed by atoms with van der Waals surface area (Å²) in [5, 5.41) is 1.29. The van der Waals surface area contributed by atoms with Crippen LogP contribution in [-0.4, -0.2) is 5.60 Å². The average Bonchev–Trinajstić information content (AvgIpc) is 2.62. The second-order valence-electron chi connectivity index (χ2n) is 8.95. The van der Waals surface area contributed by atoms with E-state index in [1.54, 1.807) is 0 Å². The summed E-state index contributed by atoms with van der Waals surface area (Å²) >= 11 is 0. The van der Waals surface area contributed by atoms with Crippen LogP contribution >= 0.6 is 0 Å². The van der Waals surface area contributed by atoms with Crippen LogP contribution in [0.2, 0.25) is 0 Å². The Labute approximate surface area is 171 Å². The predicted octanol–water partition coefficient (Wildman–Crippen LogP) is 6.56. The van der Waals surface area contributed by atoms with Crippen molar-refractivity contribution in [2.75, 3.05) is 0 Å². The number of allylic oxidation sites excluding steroid dienone is 2. The lowest BCUT2D eigenvalue weighted by molar-refractivity contribution is 0.158. The third kappa shape index (κ3) is 3.19. The molecule has 3 nitrogen and oxygen atoms in total. The molecule has 0 aliphatic carbocycles. The van der Waals surface area contributed by atoms with Crippen molar-refractivity contribution in [3.8, 4) is 5.75 Å². The van der Waals surface area contributed by atoms with E-state index in [2.05, 4.69) is 32.9 Å². The van der Waals surface area contributed by atoms with Crippen LogP contribution in [0.15, 0.2) is 39.1 Å². The van der Waals surface area contributed by atoms with Crippen LogP contribution < -0.4 is 10.2 Å². The topological polar surface area (TPSA) is 39.4 Å². The smallest absolute Gasteiger partial charge is 0.200 e. The first-order valence-corrected chi connectivity index (χ1v) is 10.1. The van der Waals surface area contributed by atoms with Crippen molar-refractivity contribution >= 4 is 28.0 Å². The van der Waals surface area contributed by atoms with Crippen molar-refractivity contribution in [3.63, 3.8) is 0 Å². The number of benzene rings is 2. The first-order chi connectivity index (χ1) is 13.6. The van der Waals surface area contributed by atoms with Gasteiger partial charge in [-0.05, 0) is 78.2 Å². The summed E-state index contributed by atoms with van der Waals surface area (Å²) in [6, 6.07) is 4.00. The first-order valence-electron chi connectivity index (χ1n) is 10.1. The molecule has 0 saturated heterocycles. The van der Waals surface area contributed by atoms with Crippen LogP contribution in [0.4, 0.5) is 0 Å². The molecule has 0 amide bonds. The average molecular weight is 389 g/mol. The Morgan fingerprint density at radius 3 is 2.48 bits per heavy atom. The number of ether oxygens (including phenoxy) is 1. The molecular formula is C26H28O3. The summed E-state index contributed by atoms with van der Waals surface area (Å²) in [6.07, 6.45) is 6.99. The van der Waals surface area contributed by atoms with Gasteiger partial charge in [0.25, 0.3) is 0 Å². The molecule has 3 heteroatoms. The van der Waals surface area contributed by atoms with Gasteiger partial charge in [0, 0.05) is 16.7 Å². The number of rotatable bonds is 2. The van der Waals surface area contributed by atoms with Gasteiger partial charge in [-0.1, -0.05) is 23.8 Å². The third-order valence-corrected chi connectivity index (χ3v) is 5.71. The summed E-state index contributed by atoms with van der Waals surface area (Å²) in [4.78, 5) is 13.5. The molecule has 1 aliphatic heterocycles. The van der Waals surface area contributed by atoms with E-state index < -0.39 is 0 Å². The van der Waals surface area contributed by atoms with E-state index >= 15 is 0 Å². The SMILES string of the molecule is CC(C)=CCc1c(C)cc(C)c2c(=O)c3cc4c(c(C)c3oc12)OC(C)(C)C=C4. The van der Waals surface area contributed by atoms with Gasteiger partial charge >= 0.3 is 0 Å². The van der Waals surface area contributed by atoms with E-state index in [9.17, 15) is 4.79 Å². The maximum absolute atomic E-state index is 13.5. The summed E-state index contributed by atoms with van der Waals surface area (Å²) in [5.41, 5.74) is 7.19. The van der Waals surface area contributed by atoms with Crippen molar-refractivity contribution < 1.29 is 9.15 Å². The Morgan fingerprint density at radius 1 is 1.07 bits per heavy atom. The molecule has 4 rings (SSSR count). The van der Waals surface area contributed by atoms with E-state index in [0.717, 1.165) is 40.0 Å². The monoisotopic (exact) mass is 388 g/mol. The Kier molecular flexibility index (Phi) is 4.45. The zero-order valence-electron chi connectivity index (χ0n) is 18.3. The van der Waals surface area contributed by atoms with Gasteiger partial charge in [0.15, 0.2) is 0 Å². The highest BCUT2D eigenvalue weighted by Crippen LogP contribution is 2.39. The Morgan fingerprint density at radius 2 is 1.79 bits per heavy atom. The zero-order chi connectivity index (χ0) is 21.1. The molecule has 2 heterocycles. The van der Waals surface area contributed by atoms with Crippen molar-refractivity contribution in [3.05, 3.63) is 67.9 Å². The van der Waals surface area contributed by atoms with E-state index in [1.165, 1.54) is 5.57 Å². The highest BCUT2D eigenvalue weighted by Gasteiger charge is 2.26. The van der Waals surface area contributed by atoms with Gasteiger partial charge in [0.1, 0.15) is 22.5 Å². The van der Waals surface area contributed by atoms with Crippen LogP contribution in [0.5, 0.6) is 5.75 Å². The summed E-state index contributed by atoms with van der Waals surface area (Å²) in [7, 11) is 0. The Bertz CT molecular complexity index is 1280. The number of aryl methyl sites for hydroxylation is 3. The van der Waals surface area contributed by atoms with Crippen molar-refractivity contribution in [2.24, 2.45) is 0 Å². The van der Waals surface area contributed by atoms with Crippen LogP contribution in [0.1, 0.15) is 55.5 Å². The zero-order valence-corrected chi connectivity index (χ0v) is 18.3. The van der Waals surface area contributed by atoms with Crippen molar-refractivity contribution in [1.82, 2.24) is 0 Å². The molecular weight excluding hydrogens is 360 g/mol. The molecule has 1 aromatic heterocycles. The molecule has 0 atom stereocenters. The van der Waals surface area contributed by atoms with Crippen LogP contribution in [-0.2, 0) is 6.42 Å². The van der Waals surface area contributed by atoms with Crippen molar-refractivity contribution in [2.45, 2.75) is 60.5 Å². The molecule has 0 fully saturated rings. The maximum Gasteiger partial charge on any atom is 0.200 e. The lowest BCUT2D eigenvalue weighted by Crippen LogP contribution is -2.28. The minimum Gasteiger partial charge on any atom is -0.483 e. The molecule has 2 aromatic carbocycles. The van der Waals surface area contributed by atoms with Gasteiger partial charge < -0.3 is 9.15 Å². The van der Waals surface area contributed by atoms with Crippen molar-refractivity contribution in [1.29, 1.82) is 0 Å². The normalized spacial score (nSPS) is 14.7. The number of hydrogen-bond donors (Lipinski definition) is 0. The van der Waals surface area contributed by atoms with Crippen LogP contribution in [0.25, 0.3) is 28.0 Å². The lowest BCUT2D eigenvalue weighted by atomic mass is 9.94. The largest absolute Gasteiger partial charge is 0.483 e. The summed E-state index contributed by atoms with van der Waals surface area (Å²) < 4.78 is 12.7. The maximum atomic E-state index is 13.5. The molecule has 0 saturated carbocycles. The Balaban J connectivity index is 2.12. The second kappa shape index (κ2) is 6.62. The number of fused-ring (bicyclic) bond motifs is 3. The van der Waals surface area contributed by atoms with Gasteiger partial charge in [-0.3, -0.25) is 4.79 Å². The second-order valence-corrected chi connectivity index (χ2v) is 8.95. The molecule has 29 heavy (non-hydrogen) atoms. The molecule has 1 aliphatic rings. The fourth-order valence-electron chi connectivity index (χ4n) is 4.14. The standard InChI is InChI=1S/C26H28O3/c1-14(2)8-9-19-15(3)12-16(4)21-22(27)20-13-18-10-11-26(6,7)29-23(18)17(5)24(20)28-25(19)21/h8,10-13H,9H2,1-7H3. The fourth-order valence-corrected chi connectivity index (χ4v) is 4.14. The Hall–Kier alpha value is -2.81. The molecule has 0 N–H and O–H groups in total. The van der Waals surface area contributed by atoms with Gasteiger partial charge in [-0.15, -0.1) is 0 Å². The fraction of sp³-hybridized carbons (Fsp3) is 0.346. The summed E-state index contributed by atoms with van der Waals surface area (Å²) in [6.45, 7) is 14.3. The highest BCUT2D eigenvalue weighted by molar-refractivity contribution is 5.96. The molecule has 0 spiro atoms. The molecule has 3 aromatic rings. The van der Waals surface area contributed by atoms with E-state index in [0.29, 0.717) is 21.9 Å². The van der Waals surface area contributed by atoms with Gasteiger partial charge in [-0.25, -0.2) is 0 Å². The quantitative estimate of drug-likeness (QED) is 0.368. The third-order valence-electron chi connectivity index (χ3n) is 5.71. The van der Waals surface area contributed by atoms with E-state index in [4.69, 9.17) is 9.15 Å². The minimum absolute atomic E-state index is 0.0290. The molecule has 0 unspecified atom stereocenters. The first kappa shape index (κ1) is 19.5. The van der Waals surface area contributed by atoms with Crippen LogP contribution in [0, 0.1) is 20.8 Å². The van der Waals surface area contributed by atoms with Gasteiger partial charge in [0.2, 0.25) is 5.43 Å². The van der Waals surface area contributed by atoms with Gasteiger partial charge in [0.05, 0.1) is 10.8 Å². The molecule has 0 bridgehead atoms. The van der Waals surface area contributed by atoms with Crippen LogP contribution in [0.3, 0.4) is 0 Å². The lowest BCUT2D eigenvalue weighted by Gasteiger charge is -2.29. The molecule has 0 radical (unpaired) electrons. The van der Waals surface area contributed by atoms with Gasteiger partial charge in [-0.2, -0.15) is 0 Å². The highest BCUT2D eigenvalue weighted by atomic mass is 16.5.